The Balaban J connectivity index is 2.50. The largest absolute Gasteiger partial charge is 0.466 e. The summed E-state index contributed by atoms with van der Waals surface area (Å²) >= 11 is 0. The predicted molar refractivity (Wildman–Crippen MR) is 58.8 cm³/mol. The molecule has 86 valence electrons. The number of hydrogen-bond acceptors (Lipinski definition) is 5. The average Bonchev–Trinajstić information content (AvgIpc) is 2.74. The number of furan rings is 1. The normalized spacial score (nSPS) is 13.1. The van der Waals surface area contributed by atoms with Crippen molar-refractivity contribution in [1.29, 1.82) is 0 Å². The first-order valence-corrected chi connectivity index (χ1v) is 5.16. The summed E-state index contributed by atoms with van der Waals surface area (Å²) in [5.74, 6) is 2.56. The van der Waals surface area contributed by atoms with Gasteiger partial charge in [0.05, 0.1) is 11.6 Å². The molecule has 0 aliphatic carbocycles. The monoisotopic (exact) mass is 221 g/mol. The van der Waals surface area contributed by atoms with Crippen molar-refractivity contribution in [2.45, 2.75) is 33.7 Å². The van der Waals surface area contributed by atoms with E-state index in [0.717, 1.165) is 22.6 Å². The fourth-order valence-electron chi connectivity index (χ4n) is 1.63. The van der Waals surface area contributed by atoms with Crippen LogP contribution >= 0.6 is 0 Å². The lowest BCUT2D eigenvalue weighted by Gasteiger charge is -1.96. The molecule has 0 aliphatic rings. The highest BCUT2D eigenvalue weighted by Gasteiger charge is 2.19. The van der Waals surface area contributed by atoms with Crippen LogP contribution in [0.25, 0.3) is 11.5 Å². The number of aromatic nitrogens is 2. The number of nitrogens with zero attached hydrogens (tertiary/aromatic N) is 2. The molecule has 2 aromatic rings. The highest BCUT2D eigenvalue weighted by atomic mass is 16.4. The van der Waals surface area contributed by atoms with Crippen molar-refractivity contribution in [1.82, 2.24) is 10.2 Å². The van der Waals surface area contributed by atoms with Gasteiger partial charge in [-0.3, -0.25) is 0 Å². The van der Waals surface area contributed by atoms with Crippen LogP contribution in [0, 0.1) is 20.8 Å². The van der Waals surface area contributed by atoms with Crippen LogP contribution in [0.1, 0.15) is 35.9 Å². The molecule has 16 heavy (non-hydrogen) atoms. The summed E-state index contributed by atoms with van der Waals surface area (Å²) in [5.41, 5.74) is 7.56. The van der Waals surface area contributed by atoms with E-state index >= 15 is 0 Å². The van der Waals surface area contributed by atoms with Gasteiger partial charge in [-0.05, 0) is 27.7 Å². The molecule has 0 amide bonds. The Morgan fingerprint density at radius 1 is 1.06 bits per heavy atom. The van der Waals surface area contributed by atoms with Crippen molar-refractivity contribution in [3.05, 3.63) is 23.0 Å². The predicted octanol–water partition coefficient (Wildman–Crippen LogP) is 2.27. The topological polar surface area (TPSA) is 78.1 Å². The molecule has 0 aromatic carbocycles. The van der Waals surface area contributed by atoms with Crippen molar-refractivity contribution in [2.24, 2.45) is 5.73 Å². The van der Waals surface area contributed by atoms with Crippen LogP contribution in [0.5, 0.6) is 0 Å². The van der Waals surface area contributed by atoms with E-state index in [1.807, 2.05) is 20.8 Å². The number of nitrogens with two attached hydrogens (primary N) is 1. The summed E-state index contributed by atoms with van der Waals surface area (Å²) in [7, 11) is 0. The van der Waals surface area contributed by atoms with Crippen molar-refractivity contribution < 1.29 is 8.83 Å². The standard InChI is InChI=1S/C11H15N3O2/c1-5-7(3)15-8(4)9(5)11-14-13-10(16-11)6(2)12/h6H,12H2,1-4H3. The van der Waals surface area contributed by atoms with Gasteiger partial charge in [-0.15, -0.1) is 10.2 Å². The lowest BCUT2D eigenvalue weighted by Crippen LogP contribution is -2.04. The summed E-state index contributed by atoms with van der Waals surface area (Å²) in [4.78, 5) is 0. The Kier molecular flexibility index (Phi) is 2.55. The minimum absolute atomic E-state index is 0.255. The van der Waals surface area contributed by atoms with Gasteiger partial charge in [-0.2, -0.15) is 0 Å². The molecule has 2 rings (SSSR count). The summed E-state index contributed by atoms with van der Waals surface area (Å²) < 4.78 is 11.0. The fourth-order valence-corrected chi connectivity index (χ4v) is 1.63. The van der Waals surface area contributed by atoms with Crippen LogP contribution in [0.2, 0.25) is 0 Å². The van der Waals surface area contributed by atoms with Gasteiger partial charge >= 0.3 is 0 Å². The SMILES string of the molecule is Cc1oc(C)c(-c2nnc(C(C)N)o2)c1C. The third-order valence-electron chi connectivity index (χ3n) is 2.61. The van der Waals surface area contributed by atoms with E-state index in [1.54, 1.807) is 6.92 Å². The molecule has 2 N–H and O–H groups in total. The Morgan fingerprint density at radius 2 is 1.75 bits per heavy atom. The van der Waals surface area contributed by atoms with Crippen molar-refractivity contribution in [3.63, 3.8) is 0 Å². The third-order valence-corrected chi connectivity index (χ3v) is 2.61. The molecule has 0 bridgehead atoms. The molecule has 0 fully saturated rings. The number of aryl methyl sites for hydroxylation is 2. The molecule has 5 nitrogen and oxygen atoms in total. The van der Waals surface area contributed by atoms with Crippen molar-refractivity contribution in [2.75, 3.05) is 0 Å². The van der Waals surface area contributed by atoms with Crippen LogP contribution in [0.3, 0.4) is 0 Å². The van der Waals surface area contributed by atoms with Gasteiger partial charge in [0, 0.05) is 5.56 Å². The van der Waals surface area contributed by atoms with E-state index in [9.17, 15) is 0 Å². The second-order valence-corrected chi connectivity index (χ2v) is 3.95. The summed E-state index contributed by atoms with van der Waals surface area (Å²) in [6, 6.07) is -0.255. The average molecular weight is 221 g/mol. The Hall–Kier alpha value is -1.62. The van der Waals surface area contributed by atoms with E-state index in [2.05, 4.69) is 10.2 Å². The highest BCUT2D eigenvalue weighted by molar-refractivity contribution is 5.61. The van der Waals surface area contributed by atoms with E-state index in [-0.39, 0.29) is 6.04 Å². The van der Waals surface area contributed by atoms with Crippen LogP contribution in [0.15, 0.2) is 8.83 Å². The lowest BCUT2D eigenvalue weighted by atomic mass is 10.1. The third kappa shape index (κ3) is 1.63. The van der Waals surface area contributed by atoms with Gasteiger partial charge in [0.15, 0.2) is 0 Å². The fraction of sp³-hybridized carbons (Fsp3) is 0.455. The molecule has 0 radical (unpaired) electrons. The first-order chi connectivity index (χ1) is 7.50. The maximum Gasteiger partial charge on any atom is 0.251 e. The van der Waals surface area contributed by atoms with Gasteiger partial charge < -0.3 is 14.6 Å². The van der Waals surface area contributed by atoms with Gasteiger partial charge in [-0.25, -0.2) is 0 Å². The molecule has 0 saturated heterocycles. The van der Waals surface area contributed by atoms with Crippen LogP contribution in [-0.4, -0.2) is 10.2 Å². The minimum Gasteiger partial charge on any atom is -0.466 e. The minimum atomic E-state index is -0.255. The van der Waals surface area contributed by atoms with Crippen molar-refractivity contribution >= 4 is 0 Å². The summed E-state index contributed by atoms with van der Waals surface area (Å²) in [6.45, 7) is 7.56. The zero-order valence-corrected chi connectivity index (χ0v) is 9.87. The van der Waals surface area contributed by atoms with Gasteiger partial charge in [0.2, 0.25) is 5.89 Å². The maximum atomic E-state index is 5.67. The maximum absolute atomic E-state index is 5.67. The van der Waals surface area contributed by atoms with E-state index < -0.39 is 0 Å². The van der Waals surface area contributed by atoms with E-state index in [1.165, 1.54) is 0 Å². The second kappa shape index (κ2) is 3.75. The first-order valence-electron chi connectivity index (χ1n) is 5.16. The van der Waals surface area contributed by atoms with Gasteiger partial charge in [0.1, 0.15) is 11.5 Å². The summed E-state index contributed by atoms with van der Waals surface area (Å²) in [6.07, 6.45) is 0. The molecular formula is C11H15N3O2. The van der Waals surface area contributed by atoms with Gasteiger partial charge in [0.25, 0.3) is 5.89 Å². The first kappa shape index (κ1) is 10.9. The lowest BCUT2D eigenvalue weighted by molar-refractivity contribution is 0.470. The Bertz CT molecular complexity index is 511. The molecule has 1 atom stereocenters. The molecule has 2 aromatic heterocycles. The van der Waals surface area contributed by atoms with Crippen LogP contribution in [-0.2, 0) is 0 Å². The molecule has 1 unspecified atom stereocenters. The zero-order chi connectivity index (χ0) is 11.9. The van der Waals surface area contributed by atoms with E-state index in [0.29, 0.717) is 11.8 Å². The molecule has 0 aliphatic heterocycles. The molecular weight excluding hydrogens is 206 g/mol. The smallest absolute Gasteiger partial charge is 0.251 e. The summed E-state index contributed by atoms with van der Waals surface area (Å²) in [5, 5.41) is 7.89. The van der Waals surface area contributed by atoms with E-state index in [4.69, 9.17) is 14.6 Å². The van der Waals surface area contributed by atoms with Crippen LogP contribution < -0.4 is 5.73 Å². The number of rotatable bonds is 2. The molecule has 0 saturated carbocycles. The molecule has 0 spiro atoms. The molecule has 5 heteroatoms. The quantitative estimate of drug-likeness (QED) is 0.841. The van der Waals surface area contributed by atoms with Gasteiger partial charge in [-0.1, -0.05) is 0 Å². The highest BCUT2D eigenvalue weighted by Crippen LogP contribution is 2.30. The Morgan fingerprint density at radius 3 is 2.19 bits per heavy atom. The number of hydrogen-bond donors (Lipinski definition) is 1. The second-order valence-electron chi connectivity index (χ2n) is 3.95. The van der Waals surface area contributed by atoms with Crippen molar-refractivity contribution in [3.8, 4) is 11.5 Å². The zero-order valence-electron chi connectivity index (χ0n) is 9.87. The Labute approximate surface area is 93.6 Å². The molecule has 2 heterocycles. The van der Waals surface area contributed by atoms with Crippen LogP contribution in [0.4, 0.5) is 0 Å².